The molecule has 4 rings (SSSR count). The van der Waals surface area contributed by atoms with E-state index in [1.807, 2.05) is 39.8 Å². The van der Waals surface area contributed by atoms with Crippen LogP contribution >= 0.6 is 11.6 Å². The van der Waals surface area contributed by atoms with Crippen LogP contribution in [0.5, 0.6) is 11.5 Å². The van der Waals surface area contributed by atoms with Crippen molar-refractivity contribution in [3.8, 4) is 22.8 Å². The molecule has 0 spiro atoms. The number of nitrogens with one attached hydrogen (secondary N) is 3. The maximum atomic E-state index is 14.1. The number of benzene rings is 3. The van der Waals surface area contributed by atoms with Gasteiger partial charge < -0.3 is 45.2 Å². The molecule has 5 N–H and O–H groups in total. The Balaban J connectivity index is 1.40. The smallest absolute Gasteiger partial charge is 0.412 e. The van der Waals surface area contributed by atoms with Gasteiger partial charge in [0.25, 0.3) is 0 Å². The van der Waals surface area contributed by atoms with E-state index in [1.54, 1.807) is 68.4 Å². The van der Waals surface area contributed by atoms with Crippen molar-refractivity contribution in [3.63, 3.8) is 0 Å². The first-order valence-corrected chi connectivity index (χ1v) is 21.2. The first kappa shape index (κ1) is 47.7. The van der Waals surface area contributed by atoms with Crippen molar-refractivity contribution in [3.05, 3.63) is 82.9 Å². The van der Waals surface area contributed by atoms with Gasteiger partial charge in [0.2, 0.25) is 0 Å². The number of oxime groups is 2. The summed E-state index contributed by atoms with van der Waals surface area (Å²) in [6.45, 7) is 21.0. The predicted molar refractivity (Wildman–Crippen MR) is 240 cm³/mol. The van der Waals surface area contributed by atoms with E-state index < -0.39 is 17.2 Å². The van der Waals surface area contributed by atoms with Gasteiger partial charge in [0.1, 0.15) is 22.8 Å². The summed E-state index contributed by atoms with van der Waals surface area (Å²) < 4.78 is 17.8. The fourth-order valence-corrected chi connectivity index (χ4v) is 6.85. The Bertz CT molecular complexity index is 2020. The molecule has 0 fully saturated rings. The highest BCUT2D eigenvalue weighted by molar-refractivity contribution is 6.32. The number of ketones is 1. The predicted octanol–water partition coefficient (Wildman–Crippen LogP) is 9.41. The van der Waals surface area contributed by atoms with E-state index in [0.717, 1.165) is 38.9 Å². The van der Waals surface area contributed by atoms with Gasteiger partial charge in [-0.2, -0.15) is 0 Å². The SMILES string of the molecule is CCN(CC)CCCOc1ccc(C(=O)c2c(-c3ccc(OC(=O)NCCC(CCNC(C)(C)/C(C)=N/O)CCNC(C)(C)/C(C)=N/O)cc3)oc3ccc(Cl)cc23)cc1. The molecule has 3 aromatic carbocycles. The monoisotopic (exact) mass is 846 g/mol. The minimum atomic E-state index is -0.588. The van der Waals surface area contributed by atoms with Crippen LogP contribution < -0.4 is 25.4 Å². The third-order valence-electron chi connectivity index (χ3n) is 11.3. The van der Waals surface area contributed by atoms with Gasteiger partial charge in [-0.25, -0.2) is 4.79 Å². The third kappa shape index (κ3) is 13.5. The number of hydrogen-bond acceptors (Lipinski definition) is 12. The molecule has 0 atom stereocenters. The van der Waals surface area contributed by atoms with Crippen molar-refractivity contribution in [2.45, 2.75) is 92.2 Å². The summed E-state index contributed by atoms with van der Waals surface area (Å²) in [5.41, 5.74) is 2.22. The second-order valence-electron chi connectivity index (χ2n) is 16.1. The van der Waals surface area contributed by atoms with Crippen molar-refractivity contribution < 1.29 is 33.9 Å². The number of carbonyl (C=O) groups is 2. The summed E-state index contributed by atoms with van der Waals surface area (Å²) in [5.74, 6) is 1.40. The highest BCUT2D eigenvalue weighted by atomic mass is 35.5. The number of hydrogen-bond donors (Lipinski definition) is 5. The van der Waals surface area contributed by atoms with Crippen LogP contribution in [-0.2, 0) is 0 Å². The van der Waals surface area contributed by atoms with Gasteiger partial charge in [-0.15, -0.1) is 0 Å². The van der Waals surface area contributed by atoms with E-state index in [2.05, 4.69) is 45.0 Å². The van der Waals surface area contributed by atoms with Crippen molar-refractivity contribution in [2.24, 2.45) is 16.2 Å². The molecule has 1 aromatic heterocycles. The van der Waals surface area contributed by atoms with Crippen molar-refractivity contribution in [1.82, 2.24) is 20.9 Å². The number of ether oxygens (including phenoxy) is 2. The fourth-order valence-electron chi connectivity index (χ4n) is 6.68. The molecule has 1 amide bonds. The molecule has 13 nitrogen and oxygen atoms in total. The molecule has 0 aliphatic carbocycles. The molecule has 14 heteroatoms. The summed E-state index contributed by atoms with van der Waals surface area (Å²) in [4.78, 5) is 29.4. The van der Waals surface area contributed by atoms with E-state index in [4.69, 9.17) is 25.5 Å². The van der Waals surface area contributed by atoms with Crippen LogP contribution in [0.4, 0.5) is 4.79 Å². The molecule has 0 unspecified atom stereocenters. The van der Waals surface area contributed by atoms with Gasteiger partial charge in [0, 0.05) is 34.6 Å². The molecule has 0 aliphatic rings. The number of rotatable bonds is 24. The molecule has 60 heavy (non-hydrogen) atoms. The molecule has 0 saturated heterocycles. The maximum Gasteiger partial charge on any atom is 0.412 e. The average Bonchev–Trinajstić information content (AvgIpc) is 3.61. The molecule has 326 valence electrons. The Kier molecular flexibility index (Phi) is 18.0. The molecular formula is C46H63ClN6O7. The van der Waals surface area contributed by atoms with Crippen LogP contribution in [0.3, 0.4) is 0 Å². The number of furan rings is 1. The summed E-state index contributed by atoms with van der Waals surface area (Å²) in [6.07, 6.45) is 2.63. The molecule has 4 aromatic rings. The minimum Gasteiger partial charge on any atom is -0.494 e. The lowest BCUT2D eigenvalue weighted by Crippen LogP contribution is -2.47. The van der Waals surface area contributed by atoms with Gasteiger partial charge in [-0.3, -0.25) is 4.79 Å². The van der Waals surface area contributed by atoms with Crippen LogP contribution in [0.2, 0.25) is 5.02 Å². The minimum absolute atomic E-state index is 0.223. The quantitative estimate of drug-likeness (QED) is 0.0151. The molecular weight excluding hydrogens is 784 g/mol. The fraction of sp³-hybridized carbons (Fsp3) is 0.478. The zero-order chi connectivity index (χ0) is 43.9. The van der Waals surface area contributed by atoms with Gasteiger partial charge >= 0.3 is 6.09 Å². The summed E-state index contributed by atoms with van der Waals surface area (Å²) in [7, 11) is 0. The first-order chi connectivity index (χ1) is 28.6. The van der Waals surface area contributed by atoms with Crippen molar-refractivity contribution in [1.29, 1.82) is 0 Å². The maximum absolute atomic E-state index is 14.1. The zero-order valence-electron chi connectivity index (χ0n) is 36.4. The van der Waals surface area contributed by atoms with Crippen molar-refractivity contribution in [2.75, 3.05) is 45.9 Å². The second kappa shape index (κ2) is 22.6. The van der Waals surface area contributed by atoms with Crippen LogP contribution in [0.15, 0.2) is 81.5 Å². The lowest BCUT2D eigenvalue weighted by molar-refractivity contribution is 0.104. The van der Waals surface area contributed by atoms with E-state index in [9.17, 15) is 20.0 Å². The van der Waals surface area contributed by atoms with Gasteiger partial charge in [-0.1, -0.05) is 35.8 Å². The molecule has 0 aliphatic heterocycles. The lowest BCUT2D eigenvalue weighted by atomic mass is 9.94. The first-order valence-electron chi connectivity index (χ1n) is 20.8. The van der Waals surface area contributed by atoms with Gasteiger partial charge in [0.15, 0.2) is 5.78 Å². The van der Waals surface area contributed by atoms with E-state index in [0.29, 0.717) is 94.0 Å². The number of amides is 1. The number of nitrogens with zero attached hydrogens (tertiary/aromatic N) is 3. The van der Waals surface area contributed by atoms with Gasteiger partial charge in [-0.05, 0) is 166 Å². The Hall–Kier alpha value is -4.95. The summed E-state index contributed by atoms with van der Waals surface area (Å²) >= 11 is 6.39. The summed E-state index contributed by atoms with van der Waals surface area (Å²) in [6, 6.07) is 19.1. The van der Waals surface area contributed by atoms with E-state index in [-0.39, 0.29) is 11.7 Å². The Labute approximate surface area is 359 Å². The number of carbonyl (C=O) groups excluding carboxylic acids is 2. The normalized spacial score (nSPS) is 12.7. The second-order valence-corrected chi connectivity index (χ2v) is 16.5. The van der Waals surface area contributed by atoms with Crippen LogP contribution in [0, 0.1) is 5.92 Å². The van der Waals surface area contributed by atoms with Crippen LogP contribution in [0.1, 0.15) is 97.0 Å². The van der Waals surface area contributed by atoms with Crippen LogP contribution in [0.25, 0.3) is 22.3 Å². The van der Waals surface area contributed by atoms with Crippen LogP contribution in [-0.4, -0.2) is 95.6 Å². The van der Waals surface area contributed by atoms with E-state index in [1.165, 1.54) is 0 Å². The van der Waals surface area contributed by atoms with Gasteiger partial charge in [0.05, 0.1) is 34.7 Å². The molecule has 0 saturated carbocycles. The third-order valence-corrected chi connectivity index (χ3v) is 11.5. The zero-order valence-corrected chi connectivity index (χ0v) is 37.1. The topological polar surface area (TPSA) is 170 Å². The van der Waals surface area contributed by atoms with E-state index >= 15 is 0 Å². The highest BCUT2D eigenvalue weighted by Crippen LogP contribution is 2.37. The highest BCUT2D eigenvalue weighted by Gasteiger charge is 2.26. The molecule has 0 bridgehead atoms. The standard InChI is InChI=1S/C46H63ClN6O7/c1-9-53(10-2)28-11-29-58-37-17-12-34(13-18-37)42(54)41-39-30-36(47)16-21-40(39)60-43(41)35-14-19-38(20-15-35)59-44(55)48-25-22-33(23-26-49-45(5,6)31(3)51-56)24-27-50-46(7,8)32(4)52-57/h12-21,30,33,49-50,56-57H,9-11,22-29H2,1-8H3,(H,48,55)/b51-31+,52-32+. The van der Waals surface area contributed by atoms with Crippen molar-refractivity contribution >= 4 is 45.9 Å². The Morgan fingerprint density at radius 3 is 1.95 bits per heavy atom. The Morgan fingerprint density at radius 2 is 1.38 bits per heavy atom. The lowest BCUT2D eigenvalue weighted by Gasteiger charge is -2.28. The largest absolute Gasteiger partial charge is 0.494 e. The summed E-state index contributed by atoms with van der Waals surface area (Å²) in [5, 5.41) is 36.1. The number of fused-ring (bicyclic) bond motifs is 1. The molecule has 0 radical (unpaired) electrons. The Morgan fingerprint density at radius 1 is 0.817 bits per heavy atom. The molecule has 1 heterocycles. The average molecular weight is 847 g/mol. The number of halogens is 1.